The van der Waals surface area contributed by atoms with Gasteiger partial charge in [-0.25, -0.2) is 4.98 Å². The van der Waals surface area contributed by atoms with Crippen molar-refractivity contribution >= 4 is 0 Å². The molecule has 0 saturated carbocycles. The van der Waals surface area contributed by atoms with Gasteiger partial charge in [-0.15, -0.1) is 0 Å². The Morgan fingerprint density at radius 2 is 2.13 bits per heavy atom. The summed E-state index contributed by atoms with van der Waals surface area (Å²) >= 11 is 0. The van der Waals surface area contributed by atoms with Crippen LogP contribution in [0.3, 0.4) is 0 Å². The first-order valence-corrected chi connectivity index (χ1v) is 6.16. The zero-order valence-corrected chi connectivity index (χ0v) is 9.77. The highest BCUT2D eigenvalue weighted by Crippen LogP contribution is 2.22. The molecule has 3 nitrogen and oxygen atoms in total. The summed E-state index contributed by atoms with van der Waals surface area (Å²) in [4.78, 5) is 8.18. The number of H-pyrrole nitrogens is 1. The zero-order valence-electron chi connectivity index (χ0n) is 9.77. The molecule has 0 amide bonds. The van der Waals surface area contributed by atoms with Gasteiger partial charge in [0, 0.05) is 5.69 Å². The zero-order chi connectivity index (χ0) is 10.7. The third-order valence-corrected chi connectivity index (χ3v) is 3.21. The van der Waals surface area contributed by atoms with Crippen LogP contribution in [0.1, 0.15) is 56.4 Å². The highest BCUT2D eigenvalue weighted by Gasteiger charge is 2.19. The van der Waals surface area contributed by atoms with Gasteiger partial charge in [0.15, 0.2) is 0 Å². The Morgan fingerprint density at radius 1 is 1.27 bits per heavy atom. The molecule has 1 atom stereocenters. The van der Waals surface area contributed by atoms with Gasteiger partial charge >= 0.3 is 0 Å². The maximum atomic E-state index is 4.71. The summed E-state index contributed by atoms with van der Waals surface area (Å²) in [6.45, 7) is 5.49. The number of hydrogen-bond acceptors (Lipinski definition) is 2. The van der Waals surface area contributed by atoms with E-state index in [4.69, 9.17) is 4.98 Å². The molecule has 1 aromatic rings. The lowest BCUT2D eigenvalue weighted by Gasteiger charge is -2.21. The van der Waals surface area contributed by atoms with E-state index in [0.29, 0.717) is 6.04 Å². The van der Waals surface area contributed by atoms with Crippen molar-refractivity contribution in [3.8, 4) is 0 Å². The lowest BCUT2D eigenvalue weighted by Crippen LogP contribution is -2.27. The van der Waals surface area contributed by atoms with Gasteiger partial charge in [-0.05, 0) is 32.2 Å². The van der Waals surface area contributed by atoms with Gasteiger partial charge < -0.3 is 10.3 Å². The van der Waals surface area contributed by atoms with Gasteiger partial charge in [0.1, 0.15) is 5.82 Å². The number of aryl methyl sites for hydroxylation is 2. The van der Waals surface area contributed by atoms with Crippen molar-refractivity contribution in [2.75, 3.05) is 6.54 Å². The molecule has 0 spiro atoms. The van der Waals surface area contributed by atoms with Crippen molar-refractivity contribution in [1.29, 1.82) is 0 Å². The molecule has 1 saturated heterocycles. The van der Waals surface area contributed by atoms with E-state index in [1.165, 1.54) is 30.7 Å². The molecule has 2 heterocycles. The second-order valence-corrected chi connectivity index (χ2v) is 4.26. The van der Waals surface area contributed by atoms with Crippen LogP contribution in [0.15, 0.2) is 0 Å². The molecule has 2 N–H and O–H groups in total. The minimum atomic E-state index is 0.462. The molecule has 3 heteroatoms. The Bertz CT molecular complexity index is 289. The predicted molar refractivity (Wildman–Crippen MR) is 61.9 cm³/mol. The molecule has 2 rings (SSSR count). The molecular formula is C12H21N3. The van der Waals surface area contributed by atoms with Crippen molar-refractivity contribution in [2.45, 2.75) is 52.0 Å². The van der Waals surface area contributed by atoms with Crippen LogP contribution >= 0.6 is 0 Å². The summed E-state index contributed by atoms with van der Waals surface area (Å²) in [5.74, 6) is 1.16. The number of piperidine rings is 1. The quantitative estimate of drug-likeness (QED) is 0.798. The molecular weight excluding hydrogens is 186 g/mol. The molecule has 0 aromatic carbocycles. The standard InChI is InChI=1S/C12H21N3/c1-3-9-10(4-2)15-12(14-9)11-7-5-6-8-13-11/h11,13H,3-8H2,1-2H3,(H,14,15). The number of nitrogens with zero attached hydrogens (tertiary/aromatic N) is 1. The maximum Gasteiger partial charge on any atom is 0.123 e. The van der Waals surface area contributed by atoms with Gasteiger partial charge in [0.25, 0.3) is 0 Å². The van der Waals surface area contributed by atoms with Crippen molar-refractivity contribution in [3.63, 3.8) is 0 Å². The highest BCUT2D eigenvalue weighted by molar-refractivity contribution is 5.16. The van der Waals surface area contributed by atoms with Crippen LogP contribution in [0.5, 0.6) is 0 Å². The van der Waals surface area contributed by atoms with Crippen LogP contribution in [-0.4, -0.2) is 16.5 Å². The third kappa shape index (κ3) is 2.23. The van der Waals surface area contributed by atoms with Crippen LogP contribution < -0.4 is 5.32 Å². The fourth-order valence-electron chi connectivity index (χ4n) is 2.30. The van der Waals surface area contributed by atoms with Crippen molar-refractivity contribution in [3.05, 3.63) is 17.2 Å². The number of rotatable bonds is 3. The number of nitrogens with one attached hydrogen (secondary N) is 2. The summed E-state index contributed by atoms with van der Waals surface area (Å²) < 4.78 is 0. The Kier molecular flexibility index (Phi) is 3.41. The Labute approximate surface area is 91.7 Å². The number of aromatic amines is 1. The highest BCUT2D eigenvalue weighted by atomic mass is 15.0. The van der Waals surface area contributed by atoms with E-state index in [-0.39, 0.29) is 0 Å². The monoisotopic (exact) mass is 207 g/mol. The minimum absolute atomic E-state index is 0.462. The average molecular weight is 207 g/mol. The van der Waals surface area contributed by atoms with E-state index in [2.05, 4.69) is 24.1 Å². The molecule has 1 unspecified atom stereocenters. The number of hydrogen-bond donors (Lipinski definition) is 2. The summed E-state index contributed by atoms with van der Waals surface area (Å²) in [7, 11) is 0. The van der Waals surface area contributed by atoms with E-state index < -0.39 is 0 Å². The van der Waals surface area contributed by atoms with Gasteiger partial charge in [0.2, 0.25) is 0 Å². The fourth-order valence-corrected chi connectivity index (χ4v) is 2.30. The first-order chi connectivity index (χ1) is 7.35. The van der Waals surface area contributed by atoms with Gasteiger partial charge in [0.05, 0.1) is 11.7 Å². The maximum absolute atomic E-state index is 4.71. The largest absolute Gasteiger partial charge is 0.344 e. The summed E-state index contributed by atoms with van der Waals surface area (Å²) in [6, 6.07) is 0.462. The van der Waals surface area contributed by atoms with E-state index >= 15 is 0 Å². The molecule has 1 aliphatic rings. The summed E-state index contributed by atoms with van der Waals surface area (Å²) in [5.41, 5.74) is 2.57. The lowest BCUT2D eigenvalue weighted by molar-refractivity contribution is 0.399. The second-order valence-electron chi connectivity index (χ2n) is 4.26. The van der Waals surface area contributed by atoms with Gasteiger partial charge in [-0.1, -0.05) is 20.3 Å². The molecule has 0 bridgehead atoms. The van der Waals surface area contributed by atoms with E-state index in [1.54, 1.807) is 0 Å². The normalized spacial score (nSPS) is 21.9. The van der Waals surface area contributed by atoms with Crippen molar-refractivity contribution < 1.29 is 0 Å². The summed E-state index contributed by atoms with van der Waals surface area (Å²) in [6.07, 6.45) is 5.94. The Morgan fingerprint density at radius 3 is 2.67 bits per heavy atom. The smallest absolute Gasteiger partial charge is 0.123 e. The van der Waals surface area contributed by atoms with E-state index in [9.17, 15) is 0 Å². The lowest BCUT2D eigenvalue weighted by atomic mass is 10.0. The van der Waals surface area contributed by atoms with Crippen molar-refractivity contribution in [2.24, 2.45) is 0 Å². The third-order valence-electron chi connectivity index (χ3n) is 3.21. The van der Waals surface area contributed by atoms with Gasteiger partial charge in [-0.3, -0.25) is 0 Å². The number of aromatic nitrogens is 2. The van der Waals surface area contributed by atoms with Crippen LogP contribution in [0, 0.1) is 0 Å². The Balaban J connectivity index is 2.16. The molecule has 1 aromatic heterocycles. The average Bonchev–Trinajstić information content (AvgIpc) is 2.73. The van der Waals surface area contributed by atoms with Crippen molar-refractivity contribution in [1.82, 2.24) is 15.3 Å². The minimum Gasteiger partial charge on any atom is -0.344 e. The van der Waals surface area contributed by atoms with Crippen LogP contribution in [0.4, 0.5) is 0 Å². The topological polar surface area (TPSA) is 40.7 Å². The SMILES string of the molecule is CCc1nc(C2CCCCN2)[nH]c1CC. The molecule has 15 heavy (non-hydrogen) atoms. The van der Waals surface area contributed by atoms with Crippen LogP contribution in [0.2, 0.25) is 0 Å². The predicted octanol–water partition coefficient (Wildman–Crippen LogP) is 2.35. The first kappa shape index (κ1) is 10.7. The Hall–Kier alpha value is -0.830. The molecule has 0 radical (unpaired) electrons. The molecule has 1 fully saturated rings. The summed E-state index contributed by atoms with van der Waals surface area (Å²) in [5, 5.41) is 3.53. The second kappa shape index (κ2) is 4.79. The molecule has 0 aliphatic carbocycles. The fraction of sp³-hybridized carbons (Fsp3) is 0.750. The molecule has 1 aliphatic heterocycles. The van der Waals surface area contributed by atoms with E-state index in [1.807, 2.05) is 0 Å². The number of imidazole rings is 1. The molecule has 84 valence electrons. The van der Waals surface area contributed by atoms with E-state index in [0.717, 1.165) is 25.2 Å². The first-order valence-electron chi connectivity index (χ1n) is 6.16. The van der Waals surface area contributed by atoms with Gasteiger partial charge in [-0.2, -0.15) is 0 Å². The van der Waals surface area contributed by atoms with Crippen LogP contribution in [0.25, 0.3) is 0 Å². The van der Waals surface area contributed by atoms with Crippen LogP contribution in [-0.2, 0) is 12.8 Å².